The van der Waals surface area contributed by atoms with Crippen molar-refractivity contribution in [1.29, 1.82) is 10.5 Å². The van der Waals surface area contributed by atoms with Gasteiger partial charge in [-0.05, 0) is 44.9 Å². The fourth-order valence-corrected chi connectivity index (χ4v) is 5.91. The Morgan fingerprint density at radius 1 is 1.00 bits per heavy atom. The van der Waals surface area contributed by atoms with Crippen molar-refractivity contribution in [2.45, 2.75) is 50.6 Å². The molecule has 1 aliphatic carbocycles. The monoisotopic (exact) mass is 506 g/mol. The van der Waals surface area contributed by atoms with E-state index in [1.165, 1.54) is 12.3 Å². The molecule has 2 aliphatic heterocycles. The van der Waals surface area contributed by atoms with Gasteiger partial charge in [0.05, 0.1) is 11.6 Å². The first-order chi connectivity index (χ1) is 18.4. The lowest BCUT2D eigenvalue weighted by Crippen LogP contribution is -2.59. The number of hydrogen-bond donors (Lipinski definition) is 0. The lowest BCUT2D eigenvalue weighted by atomic mass is 9.66. The van der Waals surface area contributed by atoms with E-state index in [0.29, 0.717) is 18.7 Å². The summed E-state index contributed by atoms with van der Waals surface area (Å²) >= 11 is 0. The highest BCUT2D eigenvalue weighted by molar-refractivity contribution is 5.91. The summed E-state index contributed by atoms with van der Waals surface area (Å²) < 4.78 is 0. The van der Waals surface area contributed by atoms with Crippen LogP contribution in [0, 0.1) is 22.7 Å². The minimum atomic E-state index is -0.279. The maximum absolute atomic E-state index is 13.3. The Hall–Kier alpha value is -4.64. The third-order valence-corrected chi connectivity index (χ3v) is 8.00. The fraction of sp³-hybridized carbons (Fsp3) is 0.407. The predicted molar refractivity (Wildman–Crippen MR) is 138 cm³/mol. The van der Waals surface area contributed by atoms with Crippen LogP contribution in [-0.2, 0) is 5.41 Å². The number of pyridine rings is 1. The molecule has 0 radical (unpaired) electrons. The summed E-state index contributed by atoms with van der Waals surface area (Å²) in [5, 5.41) is 18.6. The molecule has 1 saturated carbocycles. The average Bonchev–Trinajstić information content (AvgIpc) is 3.30. The largest absolute Gasteiger partial charge is 0.350 e. The minimum absolute atomic E-state index is 0.0143. The number of carbonyl (C=O) groups excluding carboxylic acids is 1. The number of piperazine rings is 1. The molecule has 3 aromatic heterocycles. The van der Waals surface area contributed by atoms with Crippen LogP contribution in [0.25, 0.3) is 0 Å². The maximum Gasteiger partial charge on any atom is 0.292 e. The molecule has 6 rings (SSSR count). The smallest absolute Gasteiger partial charge is 0.292 e. The summed E-state index contributed by atoms with van der Waals surface area (Å²) in [5.41, 5.74) is 1.81. The zero-order chi connectivity index (χ0) is 26.4. The summed E-state index contributed by atoms with van der Waals surface area (Å²) in [4.78, 5) is 41.7. The van der Waals surface area contributed by atoms with Gasteiger partial charge in [-0.3, -0.25) is 4.79 Å². The zero-order valence-electron chi connectivity index (χ0n) is 21.2. The van der Waals surface area contributed by atoms with E-state index in [4.69, 9.17) is 15.2 Å². The van der Waals surface area contributed by atoms with E-state index < -0.39 is 0 Å². The second-order valence-corrected chi connectivity index (χ2v) is 10.3. The van der Waals surface area contributed by atoms with Crippen LogP contribution in [0.1, 0.15) is 60.5 Å². The summed E-state index contributed by atoms with van der Waals surface area (Å²) in [6.07, 6.45) is 7.94. The molecular weight excluding hydrogens is 480 g/mol. The molecular formula is C27H26N10O. The van der Waals surface area contributed by atoms with Crippen LogP contribution in [0.15, 0.2) is 36.9 Å². The number of hydrogen-bond acceptors (Lipinski definition) is 10. The van der Waals surface area contributed by atoms with Crippen molar-refractivity contribution in [2.75, 3.05) is 29.4 Å². The maximum atomic E-state index is 13.3. The van der Waals surface area contributed by atoms with E-state index in [2.05, 4.69) is 37.7 Å². The van der Waals surface area contributed by atoms with Crippen molar-refractivity contribution in [3.63, 3.8) is 0 Å². The first-order valence-corrected chi connectivity index (χ1v) is 12.7. The Morgan fingerprint density at radius 3 is 2.53 bits per heavy atom. The van der Waals surface area contributed by atoms with Gasteiger partial charge < -0.3 is 14.7 Å². The van der Waals surface area contributed by atoms with E-state index in [9.17, 15) is 10.1 Å². The molecule has 11 nitrogen and oxygen atoms in total. The van der Waals surface area contributed by atoms with Gasteiger partial charge in [-0.25, -0.2) is 24.9 Å². The van der Waals surface area contributed by atoms with E-state index in [-0.39, 0.29) is 34.9 Å². The molecule has 2 atom stereocenters. The van der Waals surface area contributed by atoms with Crippen LogP contribution in [0.4, 0.5) is 17.5 Å². The molecule has 11 heteroatoms. The first kappa shape index (κ1) is 23.7. The average molecular weight is 507 g/mol. The molecule has 0 unspecified atom stereocenters. The number of nitrogens with zero attached hydrogens (tertiary/aromatic N) is 10. The number of amides is 1. The van der Waals surface area contributed by atoms with Gasteiger partial charge in [0.1, 0.15) is 35.5 Å². The number of aromatic nitrogens is 5. The van der Waals surface area contributed by atoms with E-state index >= 15 is 0 Å². The number of carbonyl (C=O) groups is 1. The minimum Gasteiger partial charge on any atom is -0.350 e. The Kier molecular flexibility index (Phi) is 5.64. The predicted octanol–water partition coefficient (Wildman–Crippen LogP) is 2.72. The Bertz CT molecular complexity index is 1500. The highest BCUT2D eigenvalue weighted by atomic mass is 16.2. The van der Waals surface area contributed by atoms with Gasteiger partial charge in [0, 0.05) is 55.1 Å². The van der Waals surface area contributed by atoms with Gasteiger partial charge in [0.25, 0.3) is 5.91 Å². The van der Waals surface area contributed by atoms with Crippen LogP contribution in [0.2, 0.25) is 0 Å². The highest BCUT2D eigenvalue weighted by Crippen LogP contribution is 2.56. The molecule has 1 saturated heterocycles. The lowest BCUT2D eigenvalue weighted by Gasteiger charge is -2.46. The van der Waals surface area contributed by atoms with Gasteiger partial charge in [-0.2, -0.15) is 10.5 Å². The number of anilines is 3. The SMILES string of the molecule is C[C@@H]1CN(c2ncnc3c2C2(CCC2)CN3c2cc(C#N)ccn2)[C@@H](C)CN1C(=O)c1nccc(C#N)n1. The van der Waals surface area contributed by atoms with Gasteiger partial charge in [0.15, 0.2) is 0 Å². The quantitative estimate of drug-likeness (QED) is 0.521. The molecule has 190 valence electrons. The summed E-state index contributed by atoms with van der Waals surface area (Å²) in [6.45, 7) is 5.92. The molecule has 3 aliphatic rings. The van der Waals surface area contributed by atoms with Crippen LogP contribution < -0.4 is 9.80 Å². The van der Waals surface area contributed by atoms with Gasteiger partial charge in [-0.15, -0.1) is 0 Å². The van der Waals surface area contributed by atoms with Crippen LogP contribution >= 0.6 is 0 Å². The number of rotatable bonds is 3. The topological polar surface area (TPSA) is 139 Å². The zero-order valence-corrected chi connectivity index (χ0v) is 21.2. The molecule has 1 spiro atoms. The molecule has 0 bridgehead atoms. The van der Waals surface area contributed by atoms with Crippen LogP contribution in [0.5, 0.6) is 0 Å². The summed E-state index contributed by atoms with van der Waals surface area (Å²) in [5.74, 6) is 2.23. The van der Waals surface area contributed by atoms with E-state index in [1.807, 2.05) is 19.1 Å². The summed E-state index contributed by atoms with van der Waals surface area (Å²) in [6, 6.07) is 9.04. The molecule has 38 heavy (non-hydrogen) atoms. The van der Waals surface area contributed by atoms with Crippen molar-refractivity contribution in [3.05, 3.63) is 59.6 Å². The van der Waals surface area contributed by atoms with Crippen LogP contribution in [-0.4, -0.2) is 67.4 Å². The fourth-order valence-electron chi connectivity index (χ4n) is 5.91. The molecule has 3 aromatic rings. The van der Waals surface area contributed by atoms with E-state index in [1.54, 1.807) is 23.5 Å². The van der Waals surface area contributed by atoms with Gasteiger partial charge in [0.2, 0.25) is 5.82 Å². The van der Waals surface area contributed by atoms with Crippen molar-refractivity contribution < 1.29 is 4.79 Å². The first-order valence-electron chi connectivity index (χ1n) is 12.7. The Balaban J connectivity index is 1.33. The second kappa shape index (κ2) is 9.03. The number of fused-ring (bicyclic) bond motifs is 2. The summed E-state index contributed by atoms with van der Waals surface area (Å²) in [7, 11) is 0. The lowest BCUT2D eigenvalue weighted by molar-refractivity contribution is 0.0630. The molecule has 0 N–H and O–H groups in total. The molecule has 0 aromatic carbocycles. The van der Waals surface area contributed by atoms with Crippen molar-refractivity contribution in [3.8, 4) is 12.1 Å². The number of nitriles is 2. The normalized spacial score (nSPS) is 21.4. The van der Waals surface area contributed by atoms with Crippen molar-refractivity contribution in [2.24, 2.45) is 0 Å². The van der Waals surface area contributed by atoms with Crippen LogP contribution in [0.3, 0.4) is 0 Å². The Labute approximate surface area is 220 Å². The van der Waals surface area contributed by atoms with Gasteiger partial charge >= 0.3 is 0 Å². The third-order valence-electron chi connectivity index (χ3n) is 8.00. The second-order valence-electron chi connectivity index (χ2n) is 10.3. The molecule has 5 heterocycles. The highest BCUT2D eigenvalue weighted by Gasteiger charge is 2.52. The molecule has 1 amide bonds. The standard InChI is InChI=1S/C27H26N10O/c1-17-14-36(26(38)23-31-9-5-20(12-29)34-23)18(2)13-35(17)24-22-25(33-16-32-24)37(15-27(22)6-3-7-27)21-10-19(11-28)4-8-30-21/h4-5,8-10,16-18H,3,6-7,13-15H2,1-2H3/t17-,18+/m0/s1. The molecule has 2 fully saturated rings. The van der Waals surface area contributed by atoms with Crippen molar-refractivity contribution in [1.82, 2.24) is 29.8 Å². The van der Waals surface area contributed by atoms with Gasteiger partial charge in [-0.1, -0.05) is 6.42 Å². The van der Waals surface area contributed by atoms with Crippen molar-refractivity contribution >= 4 is 23.4 Å². The third kappa shape index (κ3) is 3.70. The Morgan fingerprint density at radius 2 is 1.79 bits per heavy atom. The van der Waals surface area contributed by atoms with E-state index in [0.717, 1.165) is 48.8 Å².